The first kappa shape index (κ1) is 25.1. The van der Waals surface area contributed by atoms with Crippen LogP contribution in [0.1, 0.15) is 67.0 Å². The van der Waals surface area contributed by atoms with E-state index in [1.165, 1.54) is 6.07 Å². The Bertz CT molecular complexity index is 784. The average Bonchev–Trinajstić information content (AvgIpc) is 2.49. The normalized spacial score (nSPS) is 26.9. The maximum absolute atomic E-state index is 14.8. The van der Waals surface area contributed by atoms with Crippen LogP contribution in [0.3, 0.4) is 0 Å². The number of rotatable bonds is 6. The number of pyridine rings is 1. The Morgan fingerprint density at radius 1 is 1.28 bits per heavy atom. The zero-order chi connectivity index (χ0) is 22.5. The largest absolute Gasteiger partial charge is 0.416 e. The zero-order valence-electron chi connectivity index (χ0n) is 19.2. The van der Waals surface area contributed by atoms with Crippen LogP contribution in [-0.2, 0) is 21.0 Å². The van der Waals surface area contributed by atoms with E-state index in [1.54, 1.807) is 6.20 Å². The molecule has 1 saturated carbocycles. The van der Waals surface area contributed by atoms with Gasteiger partial charge in [-0.15, -0.1) is 0 Å². The van der Waals surface area contributed by atoms with Gasteiger partial charge < -0.3 is 4.43 Å². The minimum absolute atomic E-state index is 0.119. The van der Waals surface area contributed by atoms with E-state index in [4.69, 9.17) is 4.43 Å². The second-order valence-electron chi connectivity index (χ2n) is 11.3. The first-order valence-electron chi connectivity index (χ1n) is 10.1. The van der Waals surface area contributed by atoms with Gasteiger partial charge >= 0.3 is 0 Å². The van der Waals surface area contributed by atoms with Gasteiger partial charge in [-0.2, -0.15) is 0 Å². The summed E-state index contributed by atoms with van der Waals surface area (Å²) in [5.41, 5.74) is -0.539. The average molecular weight is 508 g/mol. The molecule has 0 aromatic carbocycles. The maximum atomic E-state index is 14.8. The quantitative estimate of drug-likeness (QED) is 0.477. The zero-order valence-corrected chi connectivity index (χ0v) is 22.6. The van der Waals surface area contributed by atoms with Crippen LogP contribution < -0.4 is 4.72 Å². The SMILES string of the molecule is CC1(CO[Si](C)(C)C(C)(C)C)CC(N[S@](=O)C(C)(C)C)(c2ncc(Br)cc2F)C1. The van der Waals surface area contributed by atoms with Crippen molar-refractivity contribution in [2.24, 2.45) is 5.41 Å². The van der Waals surface area contributed by atoms with E-state index in [9.17, 15) is 8.60 Å². The van der Waals surface area contributed by atoms with E-state index in [1.807, 2.05) is 20.8 Å². The lowest BCUT2D eigenvalue weighted by Crippen LogP contribution is -2.62. The molecule has 0 spiro atoms. The number of halogens is 2. The molecule has 1 aromatic heterocycles. The van der Waals surface area contributed by atoms with Gasteiger partial charge in [0.2, 0.25) is 0 Å². The molecule has 1 aliphatic carbocycles. The van der Waals surface area contributed by atoms with Crippen molar-refractivity contribution in [1.29, 1.82) is 0 Å². The smallest absolute Gasteiger partial charge is 0.192 e. The summed E-state index contributed by atoms with van der Waals surface area (Å²) in [6.07, 6.45) is 2.85. The van der Waals surface area contributed by atoms with Gasteiger partial charge in [-0.25, -0.2) is 13.3 Å². The Morgan fingerprint density at radius 2 is 1.83 bits per heavy atom. The van der Waals surface area contributed by atoms with Crippen molar-refractivity contribution >= 4 is 35.2 Å². The lowest BCUT2D eigenvalue weighted by molar-refractivity contribution is -0.0186. The Hall–Kier alpha value is -0.153. The summed E-state index contributed by atoms with van der Waals surface area (Å²) < 4.78 is 37.6. The van der Waals surface area contributed by atoms with Crippen LogP contribution in [0.25, 0.3) is 0 Å². The summed E-state index contributed by atoms with van der Waals surface area (Å²) in [6.45, 7) is 19.7. The number of nitrogens with zero attached hydrogens (tertiary/aromatic N) is 1. The predicted molar refractivity (Wildman–Crippen MR) is 125 cm³/mol. The van der Waals surface area contributed by atoms with E-state index < -0.39 is 29.6 Å². The Morgan fingerprint density at radius 3 is 2.28 bits per heavy atom. The monoisotopic (exact) mass is 506 g/mol. The molecule has 0 bridgehead atoms. The van der Waals surface area contributed by atoms with Crippen LogP contribution in [0.2, 0.25) is 18.1 Å². The fourth-order valence-electron chi connectivity index (χ4n) is 3.46. The van der Waals surface area contributed by atoms with Gasteiger partial charge in [-0.1, -0.05) is 27.7 Å². The molecule has 2 rings (SSSR count). The summed E-state index contributed by atoms with van der Waals surface area (Å²) in [4.78, 5) is 4.37. The first-order chi connectivity index (χ1) is 12.9. The molecule has 1 aliphatic rings. The highest BCUT2D eigenvalue weighted by Crippen LogP contribution is 2.55. The van der Waals surface area contributed by atoms with Gasteiger partial charge in [-0.05, 0) is 79.2 Å². The van der Waals surface area contributed by atoms with Crippen molar-refractivity contribution in [3.63, 3.8) is 0 Å². The van der Waals surface area contributed by atoms with Crippen molar-refractivity contribution in [2.75, 3.05) is 6.61 Å². The molecule has 8 heteroatoms. The van der Waals surface area contributed by atoms with Crippen molar-refractivity contribution in [3.8, 4) is 0 Å². The van der Waals surface area contributed by atoms with Crippen LogP contribution in [0, 0.1) is 11.2 Å². The molecule has 1 fully saturated rings. The molecule has 1 atom stereocenters. The second-order valence-corrected chi connectivity index (χ2v) is 19.0. The molecule has 0 radical (unpaired) electrons. The summed E-state index contributed by atoms with van der Waals surface area (Å²) in [7, 11) is -3.22. The topological polar surface area (TPSA) is 51.2 Å². The summed E-state index contributed by atoms with van der Waals surface area (Å²) in [6, 6.07) is 1.42. The number of nitrogens with one attached hydrogen (secondary N) is 1. The molecule has 0 amide bonds. The lowest BCUT2D eigenvalue weighted by Gasteiger charge is -2.55. The minimum atomic E-state index is -1.88. The number of aromatic nitrogens is 1. The maximum Gasteiger partial charge on any atom is 0.192 e. The van der Waals surface area contributed by atoms with Crippen molar-refractivity contribution in [3.05, 3.63) is 28.2 Å². The highest BCUT2D eigenvalue weighted by atomic mass is 79.9. The molecule has 1 heterocycles. The van der Waals surface area contributed by atoms with Gasteiger partial charge in [0.1, 0.15) is 5.82 Å². The fourth-order valence-corrected chi connectivity index (χ4v) is 5.81. The van der Waals surface area contributed by atoms with E-state index >= 15 is 0 Å². The molecule has 4 nitrogen and oxygen atoms in total. The minimum Gasteiger partial charge on any atom is -0.416 e. The van der Waals surface area contributed by atoms with Gasteiger partial charge in [0.25, 0.3) is 0 Å². The summed E-state index contributed by atoms with van der Waals surface area (Å²) in [5.74, 6) is -0.384. The van der Waals surface area contributed by atoms with E-state index in [2.05, 4.69) is 66.4 Å². The first-order valence-corrected chi connectivity index (χ1v) is 14.9. The van der Waals surface area contributed by atoms with Crippen molar-refractivity contribution in [2.45, 2.75) is 89.7 Å². The van der Waals surface area contributed by atoms with Crippen molar-refractivity contribution in [1.82, 2.24) is 9.71 Å². The molecule has 0 aliphatic heterocycles. The molecule has 29 heavy (non-hydrogen) atoms. The second kappa shape index (κ2) is 8.08. The summed E-state index contributed by atoms with van der Waals surface area (Å²) in [5, 5.41) is 0.134. The van der Waals surface area contributed by atoms with Gasteiger partial charge in [0, 0.05) is 17.3 Å². The highest BCUT2D eigenvalue weighted by molar-refractivity contribution is 9.10. The van der Waals surface area contributed by atoms with Gasteiger partial charge in [0.15, 0.2) is 8.32 Å². The lowest BCUT2D eigenvalue weighted by atomic mass is 9.57. The molecule has 1 aromatic rings. The van der Waals surface area contributed by atoms with Crippen LogP contribution in [0.15, 0.2) is 16.7 Å². The van der Waals surface area contributed by atoms with Gasteiger partial charge in [-0.3, -0.25) is 4.98 Å². The Balaban J connectivity index is 2.28. The third kappa shape index (κ3) is 5.56. The Kier molecular flexibility index (Phi) is 6.99. The molecule has 0 saturated heterocycles. The third-order valence-corrected chi connectivity index (χ3v) is 12.8. The molecule has 166 valence electrons. The standard InChI is InChI=1S/C21H36BrFN2O2SSi/c1-18(2,3)28(26)25-21(17-16(23)10-15(22)11-24-17)12-20(7,13-21)14-27-29(8,9)19(4,5)6/h10-11,25H,12-14H2,1-9H3/t20?,21?,28-/m1/s1. The third-order valence-electron chi connectivity index (χ3n) is 6.15. The van der Waals surface area contributed by atoms with Crippen LogP contribution in [0.4, 0.5) is 4.39 Å². The number of hydrogen-bond donors (Lipinski definition) is 1. The predicted octanol–water partition coefficient (Wildman–Crippen LogP) is 6.05. The molecular formula is C21H36BrFN2O2SSi. The van der Waals surface area contributed by atoms with Crippen LogP contribution in [0.5, 0.6) is 0 Å². The molecule has 1 N–H and O–H groups in total. The van der Waals surface area contributed by atoms with E-state index in [-0.39, 0.29) is 16.3 Å². The fraction of sp³-hybridized carbons (Fsp3) is 0.762. The van der Waals surface area contributed by atoms with E-state index in [0.717, 1.165) is 0 Å². The Labute approximate surface area is 187 Å². The van der Waals surface area contributed by atoms with Crippen LogP contribution >= 0.6 is 15.9 Å². The highest BCUT2D eigenvalue weighted by Gasteiger charge is 2.57. The number of hydrogen-bond acceptors (Lipinski definition) is 3. The van der Waals surface area contributed by atoms with Crippen molar-refractivity contribution < 1.29 is 13.0 Å². The van der Waals surface area contributed by atoms with E-state index in [0.29, 0.717) is 29.6 Å². The van der Waals surface area contributed by atoms with Crippen LogP contribution in [-0.4, -0.2) is 28.9 Å². The molecule has 0 unspecified atom stereocenters. The summed E-state index contributed by atoms with van der Waals surface area (Å²) >= 11 is 3.27. The van der Waals surface area contributed by atoms with Gasteiger partial charge in [0.05, 0.1) is 27.0 Å². The molecular weight excluding hydrogens is 471 g/mol.